The first-order valence-electron chi connectivity index (χ1n) is 6.89. The summed E-state index contributed by atoms with van der Waals surface area (Å²) in [5, 5.41) is 0.174. The normalized spacial score (nSPS) is 20.8. The Labute approximate surface area is 120 Å². The maximum absolute atomic E-state index is 12.0. The number of nitrogens with zero attached hydrogens (tertiary/aromatic N) is 1. The minimum atomic E-state index is -0.437. The van der Waals surface area contributed by atoms with Crippen molar-refractivity contribution in [2.75, 3.05) is 18.8 Å². The Morgan fingerprint density at radius 1 is 1.26 bits per heavy atom. The lowest BCUT2D eigenvalue weighted by atomic mass is 10.0. The molecule has 1 amide bonds. The molecule has 0 saturated carbocycles. The predicted molar refractivity (Wildman–Crippen MR) is 78.3 cm³/mol. The van der Waals surface area contributed by atoms with Crippen LogP contribution in [0.5, 0.6) is 0 Å². The second-order valence-corrected chi connectivity index (χ2v) is 7.26. The molecule has 0 aliphatic carbocycles. The molecule has 5 heteroatoms. The van der Waals surface area contributed by atoms with E-state index in [2.05, 4.69) is 0 Å². The van der Waals surface area contributed by atoms with Crippen LogP contribution in [-0.2, 0) is 9.53 Å². The second kappa shape index (κ2) is 7.17. The SMILES string of the molecule is CC(=O)SC[C@H]1CCCN(C(=O)OC(C)(C)C)CC1. The molecule has 0 radical (unpaired) electrons. The minimum absolute atomic E-state index is 0.174. The van der Waals surface area contributed by atoms with Crippen LogP contribution in [0.4, 0.5) is 4.79 Å². The fraction of sp³-hybridized carbons (Fsp3) is 0.857. The van der Waals surface area contributed by atoms with Gasteiger partial charge in [0, 0.05) is 25.8 Å². The van der Waals surface area contributed by atoms with E-state index in [1.54, 1.807) is 11.8 Å². The standard InChI is InChI=1S/C14H25NO3S/c1-11(16)19-10-12-6-5-8-15(9-7-12)13(17)18-14(2,3)4/h12H,5-10H2,1-4H3/t12-/m0/s1. The zero-order valence-corrected chi connectivity index (χ0v) is 13.2. The molecule has 0 bridgehead atoms. The van der Waals surface area contributed by atoms with E-state index in [4.69, 9.17) is 4.74 Å². The van der Waals surface area contributed by atoms with Crippen molar-refractivity contribution >= 4 is 23.0 Å². The molecule has 1 atom stereocenters. The van der Waals surface area contributed by atoms with Crippen LogP contribution in [0.3, 0.4) is 0 Å². The van der Waals surface area contributed by atoms with Crippen LogP contribution in [0.1, 0.15) is 47.0 Å². The second-order valence-electron chi connectivity index (χ2n) is 6.07. The molecule has 0 aromatic rings. The lowest BCUT2D eigenvalue weighted by molar-refractivity contribution is -0.109. The van der Waals surface area contributed by atoms with Gasteiger partial charge in [-0.1, -0.05) is 11.8 Å². The summed E-state index contributed by atoms with van der Waals surface area (Å²) < 4.78 is 5.39. The molecule has 0 aromatic heterocycles. The molecule has 0 spiro atoms. The van der Waals surface area contributed by atoms with Crippen molar-refractivity contribution in [2.45, 2.75) is 52.6 Å². The zero-order valence-electron chi connectivity index (χ0n) is 12.4. The number of carbonyl (C=O) groups is 2. The van der Waals surface area contributed by atoms with Crippen molar-refractivity contribution in [1.82, 2.24) is 4.90 Å². The highest BCUT2D eigenvalue weighted by Crippen LogP contribution is 2.23. The summed E-state index contributed by atoms with van der Waals surface area (Å²) in [7, 11) is 0. The van der Waals surface area contributed by atoms with Gasteiger partial charge in [0.25, 0.3) is 0 Å². The van der Waals surface area contributed by atoms with Crippen molar-refractivity contribution in [3.05, 3.63) is 0 Å². The molecule has 0 N–H and O–H groups in total. The number of ether oxygens (including phenoxy) is 1. The topological polar surface area (TPSA) is 46.6 Å². The molecule has 1 saturated heterocycles. The summed E-state index contributed by atoms with van der Waals surface area (Å²) in [6, 6.07) is 0. The maximum atomic E-state index is 12.0. The minimum Gasteiger partial charge on any atom is -0.444 e. The van der Waals surface area contributed by atoms with Crippen LogP contribution in [0.25, 0.3) is 0 Å². The van der Waals surface area contributed by atoms with E-state index in [0.29, 0.717) is 5.92 Å². The molecule has 1 rings (SSSR count). The lowest BCUT2D eigenvalue weighted by Gasteiger charge is -2.26. The van der Waals surface area contributed by atoms with Gasteiger partial charge in [-0.05, 0) is 46.0 Å². The summed E-state index contributed by atoms with van der Waals surface area (Å²) in [6.45, 7) is 8.75. The lowest BCUT2D eigenvalue weighted by Crippen LogP contribution is -2.37. The van der Waals surface area contributed by atoms with Gasteiger partial charge in [0.2, 0.25) is 0 Å². The third-order valence-electron chi connectivity index (χ3n) is 3.02. The van der Waals surface area contributed by atoms with Gasteiger partial charge >= 0.3 is 6.09 Å². The highest BCUT2D eigenvalue weighted by Gasteiger charge is 2.25. The Balaban J connectivity index is 2.41. The molecule has 1 aliphatic heterocycles. The molecule has 110 valence electrons. The average Bonchev–Trinajstić information content (AvgIpc) is 2.49. The van der Waals surface area contributed by atoms with Crippen LogP contribution < -0.4 is 0 Å². The van der Waals surface area contributed by atoms with Crippen LogP contribution in [-0.4, -0.2) is 40.6 Å². The number of thioether (sulfide) groups is 1. The number of hydrogen-bond donors (Lipinski definition) is 0. The van der Waals surface area contributed by atoms with Gasteiger partial charge in [-0.25, -0.2) is 4.79 Å². The van der Waals surface area contributed by atoms with Crippen LogP contribution >= 0.6 is 11.8 Å². The third kappa shape index (κ3) is 6.85. The quantitative estimate of drug-likeness (QED) is 0.782. The van der Waals surface area contributed by atoms with E-state index in [9.17, 15) is 9.59 Å². The average molecular weight is 287 g/mol. The van der Waals surface area contributed by atoms with Gasteiger partial charge in [-0.3, -0.25) is 4.79 Å². The van der Waals surface area contributed by atoms with Gasteiger partial charge in [-0.2, -0.15) is 0 Å². The predicted octanol–water partition coefficient (Wildman–Crippen LogP) is 3.30. The summed E-state index contributed by atoms with van der Waals surface area (Å²) in [4.78, 5) is 24.8. The summed E-state index contributed by atoms with van der Waals surface area (Å²) >= 11 is 1.39. The smallest absolute Gasteiger partial charge is 0.410 e. The Morgan fingerprint density at radius 2 is 1.95 bits per heavy atom. The summed E-state index contributed by atoms with van der Waals surface area (Å²) in [5.74, 6) is 1.40. The van der Waals surface area contributed by atoms with Crippen molar-refractivity contribution in [3.8, 4) is 0 Å². The van der Waals surface area contributed by atoms with Crippen LogP contribution in [0, 0.1) is 5.92 Å². The Morgan fingerprint density at radius 3 is 2.53 bits per heavy atom. The molecule has 19 heavy (non-hydrogen) atoms. The molecular formula is C14H25NO3S. The molecule has 4 nitrogen and oxygen atoms in total. The highest BCUT2D eigenvalue weighted by atomic mass is 32.2. The fourth-order valence-electron chi connectivity index (χ4n) is 2.08. The number of rotatable bonds is 2. The Bertz CT molecular complexity index is 325. The van der Waals surface area contributed by atoms with E-state index in [-0.39, 0.29) is 11.2 Å². The largest absolute Gasteiger partial charge is 0.444 e. The Hall–Kier alpha value is -0.710. The van der Waals surface area contributed by atoms with Gasteiger partial charge in [0.05, 0.1) is 0 Å². The number of likely N-dealkylation sites (tertiary alicyclic amines) is 1. The Kier molecular flexibility index (Phi) is 6.17. The van der Waals surface area contributed by atoms with Gasteiger partial charge in [0.15, 0.2) is 5.12 Å². The van der Waals surface area contributed by atoms with Crippen molar-refractivity contribution in [1.29, 1.82) is 0 Å². The van der Waals surface area contributed by atoms with Gasteiger partial charge in [-0.15, -0.1) is 0 Å². The first kappa shape index (κ1) is 16.3. The number of amides is 1. The van der Waals surface area contributed by atoms with Gasteiger partial charge < -0.3 is 9.64 Å². The fourth-order valence-corrected chi connectivity index (χ4v) is 2.88. The van der Waals surface area contributed by atoms with E-state index in [0.717, 1.165) is 38.1 Å². The highest BCUT2D eigenvalue weighted by molar-refractivity contribution is 8.13. The zero-order chi connectivity index (χ0) is 14.5. The summed E-state index contributed by atoms with van der Waals surface area (Å²) in [5.41, 5.74) is -0.437. The first-order chi connectivity index (χ1) is 8.78. The van der Waals surface area contributed by atoms with E-state index in [1.165, 1.54) is 11.8 Å². The molecule has 1 fully saturated rings. The van der Waals surface area contributed by atoms with E-state index < -0.39 is 5.60 Å². The molecule has 0 aromatic carbocycles. The molecule has 1 aliphatic rings. The monoisotopic (exact) mass is 287 g/mol. The van der Waals surface area contributed by atoms with Crippen molar-refractivity contribution < 1.29 is 14.3 Å². The molecule has 1 heterocycles. The third-order valence-corrected chi connectivity index (χ3v) is 4.07. The van der Waals surface area contributed by atoms with Crippen molar-refractivity contribution in [3.63, 3.8) is 0 Å². The van der Waals surface area contributed by atoms with E-state index in [1.807, 2.05) is 20.8 Å². The van der Waals surface area contributed by atoms with E-state index >= 15 is 0 Å². The maximum Gasteiger partial charge on any atom is 0.410 e. The van der Waals surface area contributed by atoms with Gasteiger partial charge in [0.1, 0.15) is 5.60 Å². The van der Waals surface area contributed by atoms with Crippen molar-refractivity contribution in [2.24, 2.45) is 5.92 Å². The summed E-state index contributed by atoms with van der Waals surface area (Å²) in [6.07, 6.45) is 2.81. The molecule has 0 unspecified atom stereocenters. The number of hydrogen-bond acceptors (Lipinski definition) is 4. The number of carbonyl (C=O) groups excluding carboxylic acids is 2. The molecular weight excluding hydrogens is 262 g/mol. The first-order valence-corrected chi connectivity index (χ1v) is 7.88. The van der Waals surface area contributed by atoms with Crippen LogP contribution in [0.15, 0.2) is 0 Å². The van der Waals surface area contributed by atoms with Crippen LogP contribution in [0.2, 0.25) is 0 Å².